The maximum Gasteiger partial charge on any atom is 0.283 e. The second-order valence-electron chi connectivity index (χ2n) is 7.54. The van der Waals surface area contributed by atoms with Crippen LogP contribution in [0, 0.1) is 19.3 Å². The van der Waals surface area contributed by atoms with E-state index in [4.69, 9.17) is 5.41 Å². The van der Waals surface area contributed by atoms with Crippen LogP contribution in [0.2, 0.25) is 0 Å². The first-order chi connectivity index (χ1) is 14.5. The SMILES string of the molecule is CCCCCC1=NN2C(=N)/C(=C/c3cccn3-c3ccc(C)c(C)c3)C(=O)N=C2S1. The van der Waals surface area contributed by atoms with Crippen molar-refractivity contribution < 1.29 is 4.79 Å². The number of carbonyl (C=O) groups is 1. The first-order valence-corrected chi connectivity index (χ1v) is 11.0. The van der Waals surface area contributed by atoms with E-state index in [0.29, 0.717) is 5.17 Å². The van der Waals surface area contributed by atoms with Gasteiger partial charge in [-0.15, -0.1) is 0 Å². The molecule has 0 saturated carbocycles. The zero-order valence-electron chi connectivity index (χ0n) is 17.5. The first-order valence-electron chi connectivity index (χ1n) is 10.2. The predicted octanol–water partition coefficient (Wildman–Crippen LogP) is 5.29. The number of benzene rings is 1. The smallest absolute Gasteiger partial charge is 0.283 e. The maximum absolute atomic E-state index is 12.7. The molecule has 7 heteroatoms. The highest BCUT2D eigenvalue weighted by molar-refractivity contribution is 8.26. The predicted molar refractivity (Wildman–Crippen MR) is 124 cm³/mol. The number of nitrogens with one attached hydrogen (secondary N) is 1. The highest BCUT2D eigenvalue weighted by Crippen LogP contribution is 2.30. The van der Waals surface area contributed by atoms with Gasteiger partial charge in [-0.3, -0.25) is 10.2 Å². The molecule has 2 aliphatic heterocycles. The number of amidine groups is 2. The number of aryl methyl sites for hydroxylation is 2. The monoisotopic (exact) mass is 419 g/mol. The van der Waals surface area contributed by atoms with Gasteiger partial charge >= 0.3 is 0 Å². The molecular formula is C23H25N5OS. The number of hydrazone groups is 1. The van der Waals surface area contributed by atoms with Gasteiger partial charge in [-0.1, -0.05) is 25.8 Å². The Morgan fingerprint density at radius 1 is 1.17 bits per heavy atom. The summed E-state index contributed by atoms with van der Waals surface area (Å²) in [6.07, 6.45) is 7.88. The molecular weight excluding hydrogens is 394 g/mol. The van der Waals surface area contributed by atoms with Crippen molar-refractivity contribution in [3.05, 3.63) is 58.9 Å². The zero-order valence-corrected chi connectivity index (χ0v) is 18.3. The summed E-state index contributed by atoms with van der Waals surface area (Å²) in [5.41, 5.74) is 4.53. The zero-order chi connectivity index (χ0) is 21.3. The third-order valence-corrected chi connectivity index (χ3v) is 6.30. The third-order valence-electron chi connectivity index (χ3n) is 5.33. The van der Waals surface area contributed by atoms with Gasteiger partial charge in [-0.05, 0) is 79.9 Å². The van der Waals surface area contributed by atoms with Gasteiger partial charge < -0.3 is 4.57 Å². The molecule has 4 rings (SSSR count). The fraction of sp³-hybridized carbons (Fsp3) is 0.304. The second kappa shape index (κ2) is 8.44. The van der Waals surface area contributed by atoms with Crippen LogP contribution in [0.5, 0.6) is 0 Å². The number of fused-ring (bicyclic) bond motifs is 1. The summed E-state index contributed by atoms with van der Waals surface area (Å²) in [6.45, 7) is 6.33. The Morgan fingerprint density at radius 3 is 2.77 bits per heavy atom. The number of carbonyl (C=O) groups excluding carboxylic acids is 1. The molecule has 0 unspecified atom stereocenters. The number of nitrogens with zero attached hydrogens (tertiary/aromatic N) is 4. The Hall–Kier alpha value is -2.93. The quantitative estimate of drug-likeness (QED) is 0.510. The van der Waals surface area contributed by atoms with Crippen molar-refractivity contribution in [2.24, 2.45) is 10.1 Å². The summed E-state index contributed by atoms with van der Waals surface area (Å²) in [5, 5.41) is 16.0. The van der Waals surface area contributed by atoms with Gasteiger partial charge in [0.2, 0.25) is 5.17 Å². The van der Waals surface area contributed by atoms with Crippen LogP contribution in [0.25, 0.3) is 11.8 Å². The van der Waals surface area contributed by atoms with E-state index in [2.05, 4.69) is 49.1 Å². The minimum absolute atomic E-state index is 0.0795. The Labute approximate surface area is 180 Å². The van der Waals surface area contributed by atoms with E-state index < -0.39 is 5.91 Å². The van der Waals surface area contributed by atoms with Crippen molar-refractivity contribution in [2.45, 2.75) is 46.5 Å². The maximum atomic E-state index is 12.7. The standard InChI is InChI=1S/C23H25N5OS/c1-4-5-6-9-20-26-28-21(24)19(22(29)25-23(28)30-20)14-17-8-7-12-27(17)18-11-10-15(2)16(3)13-18/h7-8,10-14,24H,4-6,9H2,1-3H3/b19-14-,24-21?. The topological polar surface area (TPSA) is 73.8 Å². The average Bonchev–Trinajstić information content (AvgIpc) is 3.34. The van der Waals surface area contributed by atoms with Crippen molar-refractivity contribution >= 4 is 39.8 Å². The van der Waals surface area contributed by atoms with Crippen LogP contribution in [-0.4, -0.2) is 31.5 Å². The van der Waals surface area contributed by atoms with E-state index in [1.807, 2.05) is 22.9 Å². The van der Waals surface area contributed by atoms with E-state index in [0.717, 1.165) is 42.1 Å². The molecule has 0 fully saturated rings. The lowest BCUT2D eigenvalue weighted by molar-refractivity contribution is -0.114. The van der Waals surface area contributed by atoms with E-state index in [-0.39, 0.29) is 11.4 Å². The molecule has 1 N–H and O–H groups in total. The lowest BCUT2D eigenvalue weighted by atomic mass is 10.1. The van der Waals surface area contributed by atoms with Gasteiger partial charge in [-0.2, -0.15) is 15.1 Å². The Morgan fingerprint density at radius 2 is 2.00 bits per heavy atom. The molecule has 3 heterocycles. The summed E-state index contributed by atoms with van der Waals surface area (Å²) in [6, 6.07) is 10.1. The molecule has 1 aromatic heterocycles. The van der Waals surface area contributed by atoms with Crippen molar-refractivity contribution in [3.8, 4) is 5.69 Å². The summed E-state index contributed by atoms with van der Waals surface area (Å²) in [4.78, 5) is 16.9. The van der Waals surface area contributed by atoms with Crippen LogP contribution in [0.1, 0.15) is 49.4 Å². The van der Waals surface area contributed by atoms with E-state index in [1.165, 1.54) is 27.9 Å². The minimum atomic E-state index is -0.392. The number of amides is 1. The molecule has 1 aromatic carbocycles. The van der Waals surface area contributed by atoms with E-state index in [1.54, 1.807) is 6.08 Å². The molecule has 6 nitrogen and oxygen atoms in total. The van der Waals surface area contributed by atoms with Gasteiger partial charge in [0.25, 0.3) is 5.91 Å². The summed E-state index contributed by atoms with van der Waals surface area (Å²) in [7, 11) is 0. The molecule has 0 bridgehead atoms. The number of aliphatic imine (C=N–C) groups is 1. The molecule has 2 aliphatic rings. The highest BCUT2D eigenvalue weighted by Gasteiger charge is 2.35. The fourth-order valence-electron chi connectivity index (χ4n) is 3.43. The van der Waals surface area contributed by atoms with E-state index in [9.17, 15) is 4.79 Å². The average molecular weight is 420 g/mol. The largest absolute Gasteiger partial charge is 0.317 e. The first kappa shape index (κ1) is 20.3. The highest BCUT2D eigenvalue weighted by atomic mass is 32.2. The van der Waals surface area contributed by atoms with E-state index >= 15 is 0 Å². The lowest BCUT2D eigenvalue weighted by Gasteiger charge is -2.20. The lowest BCUT2D eigenvalue weighted by Crippen LogP contribution is -2.35. The normalized spacial score (nSPS) is 17.4. The molecule has 0 atom stereocenters. The van der Waals surface area contributed by atoms with Gasteiger partial charge in [0.15, 0.2) is 5.84 Å². The summed E-state index contributed by atoms with van der Waals surface area (Å²) < 4.78 is 2.01. The Kier molecular flexibility index (Phi) is 5.72. The van der Waals surface area contributed by atoms with Gasteiger partial charge in [0.05, 0.1) is 5.57 Å². The molecule has 0 radical (unpaired) electrons. The molecule has 2 aromatic rings. The van der Waals surface area contributed by atoms with Crippen LogP contribution >= 0.6 is 11.8 Å². The molecule has 154 valence electrons. The van der Waals surface area contributed by atoms with Gasteiger partial charge in [-0.25, -0.2) is 0 Å². The minimum Gasteiger partial charge on any atom is -0.317 e. The number of hydrogen-bond donors (Lipinski definition) is 1. The van der Waals surface area contributed by atoms with Crippen LogP contribution in [0.4, 0.5) is 0 Å². The fourth-order valence-corrected chi connectivity index (χ4v) is 4.36. The number of aromatic nitrogens is 1. The molecule has 30 heavy (non-hydrogen) atoms. The van der Waals surface area contributed by atoms with Crippen molar-refractivity contribution in [1.29, 1.82) is 5.41 Å². The van der Waals surface area contributed by atoms with Crippen LogP contribution < -0.4 is 0 Å². The van der Waals surface area contributed by atoms with Crippen LogP contribution in [0.3, 0.4) is 0 Å². The number of unbranched alkanes of at least 4 members (excludes halogenated alkanes) is 2. The number of hydrogen-bond acceptors (Lipinski definition) is 4. The Balaban J connectivity index is 1.63. The molecule has 0 saturated heterocycles. The molecule has 1 amide bonds. The van der Waals surface area contributed by atoms with Crippen molar-refractivity contribution in [1.82, 2.24) is 9.58 Å². The Bertz CT molecular complexity index is 1110. The van der Waals surface area contributed by atoms with Crippen LogP contribution in [0.15, 0.2) is 52.2 Å². The van der Waals surface area contributed by atoms with Crippen molar-refractivity contribution in [3.63, 3.8) is 0 Å². The molecule has 0 aliphatic carbocycles. The van der Waals surface area contributed by atoms with Gasteiger partial charge in [0.1, 0.15) is 5.04 Å². The number of thioether (sulfide) groups is 1. The van der Waals surface area contributed by atoms with Gasteiger partial charge in [0, 0.05) is 17.6 Å². The second-order valence-corrected chi connectivity index (χ2v) is 8.58. The van der Waals surface area contributed by atoms with Crippen LogP contribution in [-0.2, 0) is 4.79 Å². The third kappa shape index (κ3) is 3.89. The summed E-state index contributed by atoms with van der Waals surface area (Å²) in [5.74, 6) is -0.313. The molecule has 0 spiro atoms. The number of rotatable bonds is 6. The summed E-state index contributed by atoms with van der Waals surface area (Å²) >= 11 is 1.40. The van der Waals surface area contributed by atoms with Crippen molar-refractivity contribution in [2.75, 3.05) is 0 Å².